The van der Waals surface area contributed by atoms with E-state index in [9.17, 15) is 0 Å². The van der Waals surface area contributed by atoms with E-state index in [4.69, 9.17) is 11.6 Å². The van der Waals surface area contributed by atoms with Crippen LogP contribution in [0, 0.1) is 0 Å². The van der Waals surface area contributed by atoms with E-state index < -0.39 is 0 Å². The van der Waals surface area contributed by atoms with E-state index in [1.165, 1.54) is 0 Å². The summed E-state index contributed by atoms with van der Waals surface area (Å²) in [5.74, 6) is 0. The van der Waals surface area contributed by atoms with Crippen molar-refractivity contribution in [3.8, 4) is 0 Å². The number of halogens is 1. The summed E-state index contributed by atoms with van der Waals surface area (Å²) in [5, 5.41) is 10.8. The first-order chi connectivity index (χ1) is 8.36. The van der Waals surface area contributed by atoms with E-state index in [0.717, 1.165) is 16.3 Å². The topological polar surface area (TPSA) is 44.0 Å². The minimum Gasteiger partial charge on any atom is -0.366 e. The van der Waals surface area contributed by atoms with E-state index in [0.29, 0.717) is 0 Å². The summed E-state index contributed by atoms with van der Waals surface area (Å²) in [7, 11) is 0. The Hall–Kier alpha value is -1.94. The van der Waals surface area contributed by atoms with Gasteiger partial charge in [-0.15, -0.1) is 0 Å². The Balaban J connectivity index is 1.97. The maximum absolute atomic E-state index is 6.21. The number of anilines is 1. The van der Waals surface area contributed by atoms with Gasteiger partial charge in [-0.1, -0.05) is 29.8 Å². The smallest absolute Gasteiger partial charge is 0.131 e. The molecule has 86 valence electrons. The van der Waals surface area contributed by atoms with E-state index >= 15 is 0 Å². The number of rotatable bonds is 2. The molecule has 1 aliphatic rings. The fraction of sp³-hybridized carbons (Fsp3) is 0.0833. The van der Waals surface area contributed by atoms with Gasteiger partial charge in [0.2, 0.25) is 0 Å². The number of benzene rings is 1. The van der Waals surface area contributed by atoms with E-state index in [-0.39, 0.29) is 6.17 Å². The standard InChI is InChI=1S/C12H11ClN4/c13-11-4-2-1-3-10(11)12-14-5-6-17(12)9-7-15-16-8-9/h1-8,12,14H,(H,15,16). The van der Waals surface area contributed by atoms with Crippen LogP contribution in [-0.2, 0) is 0 Å². The van der Waals surface area contributed by atoms with Crippen LogP contribution in [0.1, 0.15) is 11.7 Å². The van der Waals surface area contributed by atoms with Crippen molar-refractivity contribution in [1.29, 1.82) is 0 Å². The third-order valence-electron chi connectivity index (χ3n) is 2.75. The van der Waals surface area contributed by atoms with Crippen molar-refractivity contribution in [2.24, 2.45) is 0 Å². The molecule has 2 aromatic rings. The molecule has 1 atom stereocenters. The fourth-order valence-corrected chi connectivity index (χ4v) is 2.18. The molecule has 1 aromatic carbocycles. The van der Waals surface area contributed by atoms with Gasteiger partial charge in [-0.25, -0.2) is 0 Å². The van der Waals surface area contributed by atoms with Gasteiger partial charge in [0.25, 0.3) is 0 Å². The number of hydrogen-bond donors (Lipinski definition) is 2. The first-order valence-corrected chi connectivity index (χ1v) is 5.68. The van der Waals surface area contributed by atoms with Crippen LogP contribution in [0.15, 0.2) is 49.1 Å². The monoisotopic (exact) mass is 246 g/mol. The van der Waals surface area contributed by atoms with Crippen LogP contribution >= 0.6 is 11.6 Å². The average molecular weight is 247 g/mol. The molecule has 0 aliphatic carbocycles. The maximum Gasteiger partial charge on any atom is 0.131 e. The molecule has 0 saturated heterocycles. The second kappa shape index (κ2) is 4.14. The van der Waals surface area contributed by atoms with Gasteiger partial charge in [0.15, 0.2) is 0 Å². The number of aromatic nitrogens is 2. The maximum atomic E-state index is 6.21. The molecule has 0 fully saturated rings. The van der Waals surface area contributed by atoms with Crippen molar-refractivity contribution in [2.45, 2.75) is 6.17 Å². The molecule has 0 amide bonds. The van der Waals surface area contributed by atoms with E-state index in [1.54, 1.807) is 6.20 Å². The largest absolute Gasteiger partial charge is 0.366 e. The second-order valence-electron chi connectivity index (χ2n) is 3.77. The molecular formula is C12H11ClN4. The third kappa shape index (κ3) is 1.76. The van der Waals surface area contributed by atoms with Crippen molar-refractivity contribution >= 4 is 17.3 Å². The average Bonchev–Trinajstić information content (AvgIpc) is 3.00. The van der Waals surface area contributed by atoms with Crippen LogP contribution in [0.2, 0.25) is 5.02 Å². The van der Waals surface area contributed by atoms with Gasteiger partial charge < -0.3 is 10.2 Å². The zero-order valence-electron chi connectivity index (χ0n) is 8.97. The number of hydrogen-bond acceptors (Lipinski definition) is 3. The van der Waals surface area contributed by atoms with Gasteiger partial charge >= 0.3 is 0 Å². The molecule has 4 nitrogen and oxygen atoms in total. The quantitative estimate of drug-likeness (QED) is 0.856. The molecule has 0 spiro atoms. The van der Waals surface area contributed by atoms with Crippen LogP contribution in [0.25, 0.3) is 0 Å². The first-order valence-electron chi connectivity index (χ1n) is 5.30. The van der Waals surface area contributed by atoms with Crippen LogP contribution < -0.4 is 10.2 Å². The van der Waals surface area contributed by atoms with Gasteiger partial charge in [0, 0.05) is 29.2 Å². The van der Waals surface area contributed by atoms with Crippen molar-refractivity contribution in [3.05, 3.63) is 59.6 Å². The Labute approximate surface area is 104 Å². The molecule has 2 N–H and O–H groups in total. The lowest BCUT2D eigenvalue weighted by atomic mass is 10.1. The Morgan fingerprint density at radius 2 is 2.18 bits per heavy atom. The molecular weight excluding hydrogens is 236 g/mol. The van der Waals surface area contributed by atoms with E-state index in [2.05, 4.69) is 20.4 Å². The number of nitrogens with zero attached hydrogens (tertiary/aromatic N) is 2. The minimum absolute atomic E-state index is 0.0151. The Kier molecular flexibility index (Phi) is 2.49. The summed E-state index contributed by atoms with van der Waals surface area (Å²) in [6.45, 7) is 0. The van der Waals surface area contributed by atoms with Crippen LogP contribution in [0.5, 0.6) is 0 Å². The lowest BCUT2D eigenvalue weighted by Crippen LogP contribution is -2.26. The van der Waals surface area contributed by atoms with Crippen LogP contribution in [-0.4, -0.2) is 10.2 Å². The molecule has 1 unspecified atom stereocenters. The molecule has 1 aromatic heterocycles. The van der Waals surface area contributed by atoms with Crippen LogP contribution in [0.3, 0.4) is 0 Å². The summed E-state index contributed by atoms with van der Waals surface area (Å²) in [4.78, 5) is 2.07. The van der Waals surface area contributed by atoms with Gasteiger partial charge in [-0.2, -0.15) is 5.10 Å². The van der Waals surface area contributed by atoms with E-state index in [1.807, 2.05) is 42.9 Å². The number of aromatic amines is 1. The third-order valence-corrected chi connectivity index (χ3v) is 3.09. The van der Waals surface area contributed by atoms with Crippen molar-refractivity contribution < 1.29 is 0 Å². The summed E-state index contributed by atoms with van der Waals surface area (Å²) in [6, 6.07) is 7.82. The Morgan fingerprint density at radius 3 is 2.94 bits per heavy atom. The Morgan fingerprint density at radius 1 is 1.29 bits per heavy atom. The van der Waals surface area contributed by atoms with Gasteiger partial charge in [-0.3, -0.25) is 5.10 Å². The molecule has 3 rings (SSSR count). The van der Waals surface area contributed by atoms with Gasteiger partial charge in [-0.05, 0) is 6.07 Å². The summed E-state index contributed by atoms with van der Waals surface area (Å²) in [5.41, 5.74) is 2.04. The van der Waals surface area contributed by atoms with Crippen LogP contribution in [0.4, 0.5) is 5.69 Å². The van der Waals surface area contributed by atoms with Gasteiger partial charge in [0.1, 0.15) is 6.17 Å². The molecule has 0 bridgehead atoms. The normalized spacial score (nSPS) is 18.4. The highest BCUT2D eigenvalue weighted by molar-refractivity contribution is 6.31. The summed E-state index contributed by atoms with van der Waals surface area (Å²) >= 11 is 6.21. The number of H-pyrrole nitrogens is 1. The first kappa shape index (κ1) is 10.2. The predicted octanol–water partition coefficient (Wildman–Crippen LogP) is 2.64. The molecule has 17 heavy (non-hydrogen) atoms. The zero-order chi connectivity index (χ0) is 11.7. The molecule has 0 radical (unpaired) electrons. The highest BCUT2D eigenvalue weighted by Crippen LogP contribution is 2.31. The summed E-state index contributed by atoms with van der Waals surface area (Å²) < 4.78 is 0. The molecule has 5 heteroatoms. The lowest BCUT2D eigenvalue weighted by molar-refractivity contribution is 0.668. The zero-order valence-corrected chi connectivity index (χ0v) is 9.72. The second-order valence-corrected chi connectivity index (χ2v) is 4.18. The fourth-order valence-electron chi connectivity index (χ4n) is 1.94. The van der Waals surface area contributed by atoms with Gasteiger partial charge in [0.05, 0.1) is 11.9 Å². The Bertz CT molecular complexity index is 535. The SMILES string of the molecule is Clc1ccccc1C1NC=CN1c1cn[nH]c1. The van der Waals surface area contributed by atoms with Crippen molar-refractivity contribution in [1.82, 2.24) is 15.5 Å². The predicted molar refractivity (Wildman–Crippen MR) is 67.5 cm³/mol. The molecule has 0 saturated carbocycles. The highest BCUT2D eigenvalue weighted by Gasteiger charge is 2.24. The highest BCUT2D eigenvalue weighted by atomic mass is 35.5. The van der Waals surface area contributed by atoms with Crippen molar-refractivity contribution in [2.75, 3.05) is 4.90 Å². The molecule has 2 heterocycles. The lowest BCUT2D eigenvalue weighted by Gasteiger charge is -2.25. The van der Waals surface area contributed by atoms with Crippen molar-refractivity contribution in [3.63, 3.8) is 0 Å². The summed E-state index contributed by atoms with van der Waals surface area (Å²) in [6.07, 6.45) is 7.52. The number of nitrogens with one attached hydrogen (secondary N) is 2. The molecule has 1 aliphatic heterocycles. The minimum atomic E-state index is 0.0151.